The average Bonchev–Trinajstić information content (AvgIpc) is 3.51. The zero-order valence-corrected chi connectivity index (χ0v) is 24.8. The van der Waals surface area contributed by atoms with E-state index in [-0.39, 0.29) is 27.9 Å². The van der Waals surface area contributed by atoms with Crippen molar-refractivity contribution in [2.75, 3.05) is 0 Å². The van der Waals surface area contributed by atoms with Gasteiger partial charge in [-0.15, -0.1) is 24.0 Å². The van der Waals surface area contributed by atoms with Crippen LogP contribution in [0, 0.1) is 0 Å². The van der Waals surface area contributed by atoms with E-state index in [4.69, 9.17) is 9.97 Å². The fraction of sp³-hybridized carbons (Fsp3) is 0.357. The first kappa shape index (κ1) is 29.5. The third-order valence-corrected chi connectivity index (χ3v) is 7.14. The molecule has 0 aliphatic carbocycles. The fourth-order valence-corrected chi connectivity index (χ4v) is 5.26. The van der Waals surface area contributed by atoms with Crippen LogP contribution in [0.1, 0.15) is 75.2 Å². The maximum absolute atomic E-state index is 4.72. The molecule has 2 heterocycles. The predicted molar refractivity (Wildman–Crippen MR) is 149 cm³/mol. The maximum atomic E-state index is 4.72. The number of hydrogen-bond acceptors (Lipinski definition) is 4. The van der Waals surface area contributed by atoms with Crippen molar-refractivity contribution in [1.82, 2.24) is 19.9 Å². The molecular weight excluding hydrogens is 510 g/mol. The summed E-state index contributed by atoms with van der Waals surface area (Å²) in [5.41, 5.74) is 6.93. The van der Waals surface area contributed by atoms with Crippen LogP contribution in [-0.2, 0) is 39.2 Å². The van der Waals surface area contributed by atoms with Crippen molar-refractivity contribution in [2.45, 2.75) is 63.7 Å². The third-order valence-electron chi connectivity index (χ3n) is 5.82. The molecule has 0 aliphatic heterocycles. The van der Waals surface area contributed by atoms with Crippen molar-refractivity contribution in [3.63, 3.8) is 0 Å². The first-order chi connectivity index (χ1) is 16.0. The Morgan fingerprint density at radius 2 is 1.26 bits per heavy atom. The summed E-state index contributed by atoms with van der Waals surface area (Å²) in [5, 5.41) is -0.638. The van der Waals surface area contributed by atoms with Gasteiger partial charge in [-0.1, -0.05) is 53.1 Å². The molecule has 0 radical (unpaired) electrons. The van der Waals surface area contributed by atoms with Gasteiger partial charge in [-0.25, -0.2) is 0 Å². The number of rotatable bonds is 4. The Labute approximate surface area is 225 Å². The summed E-state index contributed by atoms with van der Waals surface area (Å²) >= 11 is 0. The molecule has 0 amide bonds. The van der Waals surface area contributed by atoms with E-state index in [1.807, 2.05) is 42.7 Å². The molecule has 35 heavy (non-hydrogen) atoms. The maximum Gasteiger partial charge on any atom is 0.0665 e. The summed E-state index contributed by atoms with van der Waals surface area (Å²) in [6, 6.07) is 12.4. The molecule has 2 aromatic heterocycles. The van der Waals surface area contributed by atoms with Crippen LogP contribution < -0.4 is 0 Å². The summed E-state index contributed by atoms with van der Waals surface area (Å²) < 4.78 is 0. The number of nitrogens with zero attached hydrogens (tertiary/aromatic N) is 4. The van der Waals surface area contributed by atoms with Crippen molar-refractivity contribution in [3.05, 3.63) is 107 Å². The SMILES string of the molecule is CC(C)(C)c1c(C(P)(c2cnccn2)c2cnccn2)c(CP)c[c-]1C(C)(C)C.[Fe].[cH-]1[cH-][cH-][cH-][cH-]1. The van der Waals surface area contributed by atoms with Crippen LogP contribution in [0.2, 0.25) is 0 Å². The van der Waals surface area contributed by atoms with E-state index in [0.29, 0.717) is 0 Å². The van der Waals surface area contributed by atoms with E-state index in [9.17, 15) is 0 Å². The zero-order valence-electron chi connectivity index (χ0n) is 21.4. The average molecular weight is 546 g/mol. The molecule has 2 unspecified atom stereocenters. The van der Waals surface area contributed by atoms with Crippen molar-refractivity contribution >= 4 is 18.5 Å². The normalized spacial score (nSPS) is 11.9. The van der Waals surface area contributed by atoms with Crippen LogP contribution >= 0.6 is 18.5 Å². The molecule has 192 valence electrons. The first-order valence-electron chi connectivity index (χ1n) is 11.5. The van der Waals surface area contributed by atoms with Crippen LogP contribution in [0.4, 0.5) is 0 Å². The molecule has 4 aromatic rings. The Morgan fingerprint density at radius 3 is 1.57 bits per heavy atom. The molecule has 4 nitrogen and oxygen atoms in total. The third kappa shape index (κ3) is 6.52. The minimum Gasteiger partial charge on any atom is -0.748 e. The summed E-state index contributed by atoms with van der Waals surface area (Å²) in [6.45, 7) is 13.7. The van der Waals surface area contributed by atoms with Crippen molar-refractivity contribution < 1.29 is 17.1 Å². The van der Waals surface area contributed by atoms with Gasteiger partial charge in [0.2, 0.25) is 0 Å². The molecule has 0 N–H and O–H groups in total. The van der Waals surface area contributed by atoms with E-state index in [1.54, 1.807) is 24.8 Å². The molecule has 0 fully saturated rings. The summed E-state index contributed by atoms with van der Waals surface area (Å²) in [4.78, 5) is 18.2. The van der Waals surface area contributed by atoms with Crippen molar-refractivity contribution in [1.29, 1.82) is 0 Å². The fourth-order valence-electron chi connectivity index (χ4n) is 4.31. The van der Waals surface area contributed by atoms with Gasteiger partial charge in [-0.3, -0.25) is 19.9 Å². The van der Waals surface area contributed by atoms with Crippen molar-refractivity contribution in [2.24, 2.45) is 0 Å². The standard InChI is InChI=1S/C23H31N4P2.C5H5.Fe/c1-21(2,3)16-11-15(14-28)19(20(16)22(4,5)6)23(29,17-12-24-7-9-26-17)18-13-25-8-10-27-18;1-2-4-5-3-1;/h7-13H,14,28-29H2,1-6H3;1-5H;/q-1;-5;. The molecule has 2 aromatic carbocycles. The molecule has 0 saturated heterocycles. The summed E-state index contributed by atoms with van der Waals surface area (Å²) in [5.74, 6) is 0. The van der Waals surface area contributed by atoms with Gasteiger partial charge in [-0.2, -0.15) is 22.8 Å². The Balaban J connectivity index is 0.000000640. The van der Waals surface area contributed by atoms with E-state index in [0.717, 1.165) is 17.5 Å². The number of aromatic nitrogens is 4. The molecule has 2 atom stereocenters. The number of hydrogen-bond donors (Lipinski definition) is 0. The van der Waals surface area contributed by atoms with Crippen LogP contribution in [0.25, 0.3) is 0 Å². The predicted octanol–water partition coefficient (Wildman–Crippen LogP) is 6.53. The Kier molecular flexibility index (Phi) is 10.1. The van der Waals surface area contributed by atoms with Gasteiger partial charge in [-0.05, 0) is 5.41 Å². The van der Waals surface area contributed by atoms with Crippen LogP contribution in [-0.4, -0.2) is 19.9 Å². The van der Waals surface area contributed by atoms with Crippen LogP contribution in [0.15, 0.2) is 73.6 Å². The molecule has 0 saturated carbocycles. The van der Waals surface area contributed by atoms with Crippen molar-refractivity contribution in [3.8, 4) is 0 Å². The minimum atomic E-state index is -0.638. The van der Waals surface area contributed by atoms with Gasteiger partial charge in [0.15, 0.2) is 0 Å². The molecule has 0 aliphatic rings. The summed E-state index contributed by atoms with van der Waals surface area (Å²) in [7, 11) is 5.95. The molecule has 7 heteroatoms. The van der Waals surface area contributed by atoms with Crippen LogP contribution in [0.3, 0.4) is 0 Å². The summed E-state index contributed by atoms with van der Waals surface area (Å²) in [6.07, 6.45) is 11.4. The Hall–Kier alpha value is -1.76. The zero-order chi connectivity index (χ0) is 25.0. The van der Waals surface area contributed by atoms with E-state index in [1.165, 1.54) is 22.3 Å². The van der Waals surface area contributed by atoms with E-state index in [2.05, 4.69) is 76.1 Å². The molecule has 4 rings (SSSR count). The molecule has 0 bridgehead atoms. The Morgan fingerprint density at radius 1 is 0.800 bits per heavy atom. The van der Waals surface area contributed by atoms with Crippen LogP contribution in [0.5, 0.6) is 0 Å². The van der Waals surface area contributed by atoms with E-state index >= 15 is 0 Å². The molecule has 0 spiro atoms. The van der Waals surface area contributed by atoms with Gasteiger partial charge in [0.25, 0.3) is 0 Å². The second-order valence-electron chi connectivity index (χ2n) is 10.5. The second kappa shape index (κ2) is 12.0. The monoisotopic (exact) mass is 546 g/mol. The van der Waals surface area contributed by atoms with E-state index < -0.39 is 5.16 Å². The smallest absolute Gasteiger partial charge is 0.0665 e. The topological polar surface area (TPSA) is 51.6 Å². The van der Waals surface area contributed by atoms with Gasteiger partial charge in [0.1, 0.15) is 0 Å². The minimum absolute atomic E-state index is 0. The second-order valence-corrected chi connectivity index (χ2v) is 11.8. The first-order valence-corrected chi connectivity index (χ1v) is 12.9. The van der Waals surface area contributed by atoms with Gasteiger partial charge in [0.05, 0.1) is 11.4 Å². The Bertz CT molecular complexity index is 1100. The largest absolute Gasteiger partial charge is 0.748 e. The molecular formula is C28H36FeN4P2-6. The van der Waals surface area contributed by atoms with Gasteiger partial charge in [0, 0.05) is 59.4 Å². The quantitative estimate of drug-likeness (QED) is 0.166. The van der Waals surface area contributed by atoms with Gasteiger partial charge >= 0.3 is 0 Å². The van der Waals surface area contributed by atoms with Gasteiger partial charge < -0.3 is 30.3 Å².